The molecule has 0 bridgehead atoms. The van der Waals surface area contributed by atoms with Crippen LogP contribution in [0.1, 0.15) is 18.1 Å². The zero-order chi connectivity index (χ0) is 20.6. The van der Waals surface area contributed by atoms with E-state index in [0.29, 0.717) is 34.3 Å². The van der Waals surface area contributed by atoms with E-state index in [1.54, 1.807) is 46.4 Å². The van der Waals surface area contributed by atoms with Crippen LogP contribution in [0.3, 0.4) is 0 Å². The topological polar surface area (TPSA) is 49.0 Å². The summed E-state index contributed by atoms with van der Waals surface area (Å²) in [5.41, 5.74) is 1.99. The van der Waals surface area contributed by atoms with Crippen LogP contribution in [0.5, 0.6) is 0 Å². The van der Waals surface area contributed by atoms with Crippen LogP contribution < -0.4 is 4.31 Å². The average molecular weight is 405 g/mol. The molecule has 3 aromatic rings. The van der Waals surface area contributed by atoms with Gasteiger partial charge in [-0.1, -0.05) is 18.2 Å². The van der Waals surface area contributed by atoms with E-state index in [2.05, 4.69) is 6.07 Å². The first-order chi connectivity index (χ1) is 13.2. The molecule has 0 aliphatic heterocycles. The fraction of sp³-hybridized carbons (Fsp3) is 0.250. The molecule has 4 nitrogen and oxygen atoms in total. The van der Waals surface area contributed by atoms with Gasteiger partial charge in [-0.3, -0.25) is 4.31 Å². The molecule has 0 amide bonds. The van der Waals surface area contributed by atoms with E-state index < -0.39 is 22.7 Å². The highest BCUT2D eigenvalue weighted by atomic mass is 32.2. The second-order valence-electron chi connectivity index (χ2n) is 6.28. The molecular formula is C20H18F3N3OS. The molecule has 1 atom stereocenters. The molecule has 1 unspecified atom stereocenters. The van der Waals surface area contributed by atoms with Gasteiger partial charge in [0, 0.05) is 30.9 Å². The summed E-state index contributed by atoms with van der Waals surface area (Å²) >= 11 is 0. The Hall–Kier alpha value is -2.79. The molecule has 1 heterocycles. The van der Waals surface area contributed by atoms with Crippen molar-refractivity contribution < 1.29 is 17.4 Å². The lowest BCUT2D eigenvalue weighted by Gasteiger charge is -2.16. The summed E-state index contributed by atoms with van der Waals surface area (Å²) in [6.45, 7) is 2.24. The number of alkyl halides is 3. The number of nitrogens with zero attached hydrogens (tertiary/aromatic N) is 3. The van der Waals surface area contributed by atoms with Crippen LogP contribution in [-0.2, 0) is 23.7 Å². The lowest BCUT2D eigenvalue weighted by Crippen LogP contribution is -2.18. The highest BCUT2D eigenvalue weighted by molar-refractivity contribution is 7.85. The smallest absolute Gasteiger partial charge is 0.340 e. The normalized spacial score (nSPS) is 12.8. The predicted octanol–water partition coefficient (Wildman–Crippen LogP) is 4.95. The SMILES string of the molecule is CCn1c(-c2ccc(N(C)S(C)=O)cc2)c(C#N)c2ccc(C(F)(F)F)cc21. The Labute approximate surface area is 163 Å². The Bertz CT molecular complexity index is 1100. The fourth-order valence-corrected chi connectivity index (χ4v) is 3.66. The zero-order valence-electron chi connectivity index (χ0n) is 15.5. The summed E-state index contributed by atoms with van der Waals surface area (Å²) in [6.07, 6.45) is -2.89. The van der Waals surface area contributed by atoms with E-state index in [0.717, 1.165) is 17.8 Å². The Morgan fingerprint density at radius 3 is 2.32 bits per heavy atom. The highest BCUT2D eigenvalue weighted by Crippen LogP contribution is 2.37. The van der Waals surface area contributed by atoms with Crippen molar-refractivity contribution in [2.45, 2.75) is 19.6 Å². The van der Waals surface area contributed by atoms with Crippen molar-refractivity contribution >= 4 is 27.6 Å². The highest BCUT2D eigenvalue weighted by Gasteiger charge is 2.31. The van der Waals surface area contributed by atoms with Crippen LogP contribution in [0.25, 0.3) is 22.2 Å². The van der Waals surface area contributed by atoms with E-state index in [-0.39, 0.29) is 0 Å². The minimum Gasteiger partial charge on any atom is -0.340 e. The van der Waals surface area contributed by atoms with Crippen molar-refractivity contribution in [1.82, 2.24) is 4.57 Å². The summed E-state index contributed by atoms with van der Waals surface area (Å²) < 4.78 is 54.4. The summed E-state index contributed by atoms with van der Waals surface area (Å²) in [5, 5.41) is 10.2. The number of nitriles is 1. The number of anilines is 1. The minimum atomic E-state index is -4.45. The van der Waals surface area contributed by atoms with Crippen LogP contribution >= 0.6 is 0 Å². The van der Waals surface area contributed by atoms with Crippen molar-refractivity contribution in [3.8, 4) is 17.3 Å². The third-order valence-electron chi connectivity index (χ3n) is 4.71. The lowest BCUT2D eigenvalue weighted by atomic mass is 10.0. The number of hydrogen-bond acceptors (Lipinski definition) is 2. The monoisotopic (exact) mass is 405 g/mol. The van der Waals surface area contributed by atoms with Crippen LogP contribution in [0.2, 0.25) is 0 Å². The minimum absolute atomic E-state index is 0.339. The van der Waals surface area contributed by atoms with Gasteiger partial charge in [0.15, 0.2) is 0 Å². The lowest BCUT2D eigenvalue weighted by molar-refractivity contribution is -0.137. The molecule has 1 aromatic heterocycles. The third-order valence-corrected chi connectivity index (χ3v) is 5.69. The molecular weight excluding hydrogens is 387 g/mol. The first-order valence-electron chi connectivity index (χ1n) is 8.50. The first kappa shape index (κ1) is 20.0. The Kier molecular flexibility index (Phi) is 5.22. The molecule has 0 fully saturated rings. The molecule has 0 saturated heterocycles. The van der Waals surface area contributed by atoms with Crippen LogP contribution in [-0.4, -0.2) is 22.1 Å². The van der Waals surface area contributed by atoms with Crippen molar-refractivity contribution in [2.75, 3.05) is 17.6 Å². The molecule has 0 N–H and O–H groups in total. The average Bonchev–Trinajstić information content (AvgIpc) is 2.99. The van der Waals surface area contributed by atoms with Gasteiger partial charge in [-0.15, -0.1) is 0 Å². The fourth-order valence-electron chi connectivity index (χ4n) is 3.25. The third kappa shape index (κ3) is 3.38. The Morgan fingerprint density at radius 2 is 1.82 bits per heavy atom. The van der Waals surface area contributed by atoms with E-state index in [9.17, 15) is 22.6 Å². The number of fused-ring (bicyclic) bond motifs is 1. The van der Waals surface area contributed by atoms with Gasteiger partial charge < -0.3 is 4.57 Å². The Balaban J connectivity index is 2.23. The maximum absolute atomic E-state index is 13.1. The molecule has 0 saturated carbocycles. The molecule has 0 radical (unpaired) electrons. The van der Waals surface area contributed by atoms with E-state index >= 15 is 0 Å². The number of benzene rings is 2. The molecule has 0 aliphatic carbocycles. The second kappa shape index (κ2) is 7.32. The maximum Gasteiger partial charge on any atom is 0.416 e. The summed E-state index contributed by atoms with van der Waals surface area (Å²) in [4.78, 5) is 0. The summed E-state index contributed by atoms with van der Waals surface area (Å²) in [6, 6.07) is 12.7. The molecule has 0 spiro atoms. The van der Waals surface area contributed by atoms with Gasteiger partial charge in [0.25, 0.3) is 0 Å². The van der Waals surface area contributed by atoms with Crippen molar-refractivity contribution in [3.63, 3.8) is 0 Å². The summed E-state index contributed by atoms with van der Waals surface area (Å²) in [7, 11) is 0.523. The van der Waals surface area contributed by atoms with E-state index in [1.807, 2.05) is 6.92 Å². The van der Waals surface area contributed by atoms with Gasteiger partial charge >= 0.3 is 6.18 Å². The van der Waals surface area contributed by atoms with Gasteiger partial charge in [-0.25, -0.2) is 4.21 Å². The van der Waals surface area contributed by atoms with Crippen LogP contribution in [0.15, 0.2) is 42.5 Å². The van der Waals surface area contributed by atoms with Gasteiger partial charge in [0.05, 0.1) is 22.3 Å². The van der Waals surface area contributed by atoms with Gasteiger partial charge in [0.1, 0.15) is 17.1 Å². The van der Waals surface area contributed by atoms with E-state index in [1.165, 1.54) is 6.07 Å². The predicted molar refractivity (Wildman–Crippen MR) is 105 cm³/mol. The number of aromatic nitrogens is 1. The first-order valence-corrected chi connectivity index (χ1v) is 10.0. The summed E-state index contributed by atoms with van der Waals surface area (Å²) in [5.74, 6) is 0. The van der Waals surface area contributed by atoms with Gasteiger partial charge in [-0.2, -0.15) is 18.4 Å². The number of hydrogen-bond donors (Lipinski definition) is 0. The van der Waals surface area contributed by atoms with Crippen LogP contribution in [0, 0.1) is 11.3 Å². The molecule has 8 heteroatoms. The number of rotatable bonds is 4. The largest absolute Gasteiger partial charge is 0.416 e. The standard InChI is InChI=1S/C20H18F3N3OS/c1-4-26-18-11-14(20(21,22)23)7-10-16(18)17(12-24)19(26)13-5-8-15(9-6-13)25(2)28(3)27/h5-11H,4H2,1-3H3. The Morgan fingerprint density at radius 1 is 1.18 bits per heavy atom. The molecule has 3 rings (SSSR count). The van der Waals surface area contributed by atoms with Gasteiger partial charge in [-0.05, 0) is 36.8 Å². The molecule has 2 aromatic carbocycles. The maximum atomic E-state index is 13.1. The van der Waals surface area contributed by atoms with Crippen molar-refractivity contribution in [1.29, 1.82) is 5.26 Å². The van der Waals surface area contributed by atoms with Gasteiger partial charge in [0.2, 0.25) is 0 Å². The molecule has 146 valence electrons. The van der Waals surface area contributed by atoms with Crippen molar-refractivity contribution in [3.05, 3.63) is 53.6 Å². The number of halogens is 3. The number of aryl methyl sites for hydroxylation is 1. The molecule has 28 heavy (non-hydrogen) atoms. The van der Waals surface area contributed by atoms with Crippen molar-refractivity contribution in [2.24, 2.45) is 0 Å². The zero-order valence-corrected chi connectivity index (χ0v) is 16.4. The quantitative estimate of drug-likeness (QED) is 0.617. The second-order valence-corrected chi connectivity index (χ2v) is 7.67. The van der Waals surface area contributed by atoms with E-state index in [4.69, 9.17) is 0 Å². The molecule has 0 aliphatic rings. The van der Waals surface area contributed by atoms with Crippen LogP contribution in [0.4, 0.5) is 18.9 Å².